The van der Waals surface area contributed by atoms with E-state index in [1.165, 1.54) is 24.3 Å². The van der Waals surface area contributed by atoms with Gasteiger partial charge in [0.1, 0.15) is 0 Å². The standard InChI is InChI=1S/C11H11NO4/c12-9-5-7(2-1-3-10(13)14)4-8(6-9)11(15)16/h1-2,4-6H,3,12H2,(H,13,14)(H,15,16). The lowest BCUT2D eigenvalue weighted by Crippen LogP contribution is -1.98. The minimum Gasteiger partial charge on any atom is -0.481 e. The number of rotatable bonds is 4. The Morgan fingerprint density at radius 3 is 2.50 bits per heavy atom. The molecule has 0 aromatic heterocycles. The van der Waals surface area contributed by atoms with Crippen molar-refractivity contribution in [2.24, 2.45) is 0 Å². The second kappa shape index (κ2) is 4.97. The van der Waals surface area contributed by atoms with Crippen LogP contribution in [0.5, 0.6) is 0 Å². The van der Waals surface area contributed by atoms with Gasteiger partial charge < -0.3 is 15.9 Å². The van der Waals surface area contributed by atoms with Gasteiger partial charge in [-0.25, -0.2) is 4.79 Å². The summed E-state index contributed by atoms with van der Waals surface area (Å²) in [7, 11) is 0. The van der Waals surface area contributed by atoms with E-state index in [0.29, 0.717) is 11.3 Å². The largest absolute Gasteiger partial charge is 0.481 e. The molecular formula is C11H11NO4. The first-order chi connectivity index (χ1) is 7.49. The number of carbonyl (C=O) groups is 2. The number of carboxylic acids is 2. The van der Waals surface area contributed by atoms with E-state index in [1.54, 1.807) is 6.07 Å². The Bertz CT molecular complexity index is 451. The van der Waals surface area contributed by atoms with E-state index in [1.807, 2.05) is 0 Å². The fourth-order valence-corrected chi connectivity index (χ4v) is 1.19. The molecule has 0 atom stereocenters. The first kappa shape index (κ1) is 11.8. The van der Waals surface area contributed by atoms with Crippen molar-refractivity contribution in [2.45, 2.75) is 6.42 Å². The molecule has 0 aliphatic rings. The highest BCUT2D eigenvalue weighted by molar-refractivity contribution is 5.89. The fourth-order valence-electron chi connectivity index (χ4n) is 1.19. The Labute approximate surface area is 91.8 Å². The van der Waals surface area contributed by atoms with Gasteiger partial charge in [0, 0.05) is 5.69 Å². The topological polar surface area (TPSA) is 101 Å². The van der Waals surface area contributed by atoms with Gasteiger partial charge in [-0.05, 0) is 23.8 Å². The van der Waals surface area contributed by atoms with E-state index in [9.17, 15) is 9.59 Å². The summed E-state index contributed by atoms with van der Waals surface area (Å²) in [6.45, 7) is 0. The van der Waals surface area contributed by atoms with Crippen LogP contribution < -0.4 is 5.73 Å². The molecule has 1 aromatic carbocycles. The van der Waals surface area contributed by atoms with Gasteiger partial charge in [-0.3, -0.25) is 4.79 Å². The van der Waals surface area contributed by atoms with Crippen LogP contribution in [0.25, 0.3) is 6.08 Å². The molecular weight excluding hydrogens is 210 g/mol. The molecule has 0 amide bonds. The highest BCUT2D eigenvalue weighted by Gasteiger charge is 2.04. The van der Waals surface area contributed by atoms with Crippen LogP contribution in [0.4, 0.5) is 5.69 Å². The molecule has 0 saturated carbocycles. The second-order valence-electron chi connectivity index (χ2n) is 3.19. The van der Waals surface area contributed by atoms with Crippen LogP contribution in [0.1, 0.15) is 22.3 Å². The molecule has 84 valence electrons. The second-order valence-corrected chi connectivity index (χ2v) is 3.19. The Morgan fingerprint density at radius 1 is 1.25 bits per heavy atom. The number of hydrogen-bond donors (Lipinski definition) is 3. The summed E-state index contributed by atoms with van der Waals surface area (Å²) >= 11 is 0. The summed E-state index contributed by atoms with van der Waals surface area (Å²) in [5.74, 6) is -2.02. The molecule has 0 fully saturated rings. The van der Waals surface area contributed by atoms with Gasteiger partial charge >= 0.3 is 11.9 Å². The zero-order valence-corrected chi connectivity index (χ0v) is 8.38. The molecule has 0 saturated heterocycles. The summed E-state index contributed by atoms with van der Waals surface area (Å²) in [4.78, 5) is 21.0. The number of nitrogen functional groups attached to an aromatic ring is 1. The normalized spacial score (nSPS) is 10.5. The monoisotopic (exact) mass is 221 g/mol. The smallest absolute Gasteiger partial charge is 0.335 e. The van der Waals surface area contributed by atoms with Crippen LogP contribution in [-0.2, 0) is 4.79 Å². The van der Waals surface area contributed by atoms with Crippen LogP contribution >= 0.6 is 0 Å². The Morgan fingerprint density at radius 2 is 1.94 bits per heavy atom. The SMILES string of the molecule is Nc1cc(C=CCC(=O)O)cc(C(=O)O)c1. The van der Waals surface area contributed by atoms with Gasteiger partial charge in [-0.1, -0.05) is 12.2 Å². The number of benzene rings is 1. The summed E-state index contributed by atoms with van der Waals surface area (Å²) in [6.07, 6.45) is 2.84. The Balaban J connectivity index is 2.92. The van der Waals surface area contributed by atoms with Crippen LogP contribution in [-0.4, -0.2) is 22.2 Å². The molecule has 0 aliphatic carbocycles. The van der Waals surface area contributed by atoms with Crippen molar-refractivity contribution < 1.29 is 19.8 Å². The first-order valence-corrected chi connectivity index (χ1v) is 4.51. The maximum absolute atomic E-state index is 10.7. The minimum absolute atomic E-state index is 0.0787. The molecule has 5 nitrogen and oxygen atoms in total. The summed E-state index contributed by atoms with van der Waals surface area (Å²) in [5.41, 5.74) is 6.49. The molecule has 0 aliphatic heterocycles. The van der Waals surface area contributed by atoms with E-state index in [4.69, 9.17) is 15.9 Å². The third-order valence-electron chi connectivity index (χ3n) is 1.83. The predicted molar refractivity (Wildman–Crippen MR) is 59.1 cm³/mol. The lowest BCUT2D eigenvalue weighted by molar-refractivity contribution is -0.135. The van der Waals surface area contributed by atoms with Crippen molar-refractivity contribution in [1.82, 2.24) is 0 Å². The van der Waals surface area contributed by atoms with Crippen LogP contribution in [0.3, 0.4) is 0 Å². The van der Waals surface area contributed by atoms with E-state index in [2.05, 4.69) is 0 Å². The molecule has 0 unspecified atom stereocenters. The van der Waals surface area contributed by atoms with E-state index in [-0.39, 0.29) is 12.0 Å². The van der Waals surface area contributed by atoms with Crippen LogP contribution in [0.15, 0.2) is 24.3 Å². The summed E-state index contributed by atoms with van der Waals surface area (Å²) in [5, 5.41) is 17.2. The average Bonchev–Trinajstić information content (AvgIpc) is 2.16. The average molecular weight is 221 g/mol. The number of carboxylic acid groups (broad SMARTS) is 2. The van der Waals surface area contributed by atoms with Crippen LogP contribution in [0.2, 0.25) is 0 Å². The molecule has 1 aromatic rings. The predicted octanol–water partition coefficient (Wildman–Crippen LogP) is 1.45. The third-order valence-corrected chi connectivity index (χ3v) is 1.83. The van der Waals surface area contributed by atoms with Gasteiger partial charge in [-0.15, -0.1) is 0 Å². The molecule has 5 heteroatoms. The molecule has 4 N–H and O–H groups in total. The number of aliphatic carboxylic acids is 1. The maximum Gasteiger partial charge on any atom is 0.335 e. The highest BCUT2D eigenvalue weighted by Crippen LogP contribution is 2.13. The van der Waals surface area contributed by atoms with Crippen molar-refractivity contribution in [2.75, 3.05) is 5.73 Å². The van der Waals surface area contributed by atoms with Gasteiger partial charge in [0.15, 0.2) is 0 Å². The molecule has 0 radical (unpaired) electrons. The van der Waals surface area contributed by atoms with Gasteiger partial charge in [-0.2, -0.15) is 0 Å². The number of anilines is 1. The lowest BCUT2D eigenvalue weighted by Gasteiger charge is -2.00. The maximum atomic E-state index is 10.7. The zero-order chi connectivity index (χ0) is 12.1. The quantitative estimate of drug-likeness (QED) is 0.668. The van der Waals surface area contributed by atoms with Gasteiger partial charge in [0.2, 0.25) is 0 Å². The molecule has 16 heavy (non-hydrogen) atoms. The highest BCUT2D eigenvalue weighted by atomic mass is 16.4. The van der Waals surface area contributed by atoms with Crippen molar-refractivity contribution in [3.63, 3.8) is 0 Å². The summed E-state index contributed by atoms with van der Waals surface area (Å²) < 4.78 is 0. The lowest BCUT2D eigenvalue weighted by atomic mass is 10.1. The molecule has 1 rings (SSSR count). The van der Waals surface area contributed by atoms with Crippen molar-refractivity contribution in [3.05, 3.63) is 35.4 Å². The van der Waals surface area contributed by atoms with Crippen molar-refractivity contribution in [3.8, 4) is 0 Å². The van der Waals surface area contributed by atoms with E-state index >= 15 is 0 Å². The Hall–Kier alpha value is -2.30. The van der Waals surface area contributed by atoms with Crippen molar-refractivity contribution >= 4 is 23.7 Å². The van der Waals surface area contributed by atoms with E-state index < -0.39 is 11.9 Å². The zero-order valence-electron chi connectivity index (χ0n) is 8.38. The minimum atomic E-state index is -1.07. The number of hydrogen-bond acceptors (Lipinski definition) is 3. The van der Waals surface area contributed by atoms with Crippen molar-refractivity contribution in [1.29, 1.82) is 0 Å². The summed E-state index contributed by atoms with van der Waals surface area (Å²) in [6, 6.07) is 4.35. The van der Waals surface area contributed by atoms with E-state index in [0.717, 1.165) is 0 Å². The Kier molecular flexibility index (Phi) is 3.66. The number of aromatic carboxylic acids is 1. The molecule has 0 bridgehead atoms. The molecule has 0 heterocycles. The third kappa shape index (κ3) is 3.45. The molecule has 0 spiro atoms. The first-order valence-electron chi connectivity index (χ1n) is 4.51. The van der Waals surface area contributed by atoms with Gasteiger partial charge in [0.05, 0.1) is 12.0 Å². The fraction of sp³-hybridized carbons (Fsp3) is 0.0909. The van der Waals surface area contributed by atoms with Gasteiger partial charge in [0.25, 0.3) is 0 Å². The van der Waals surface area contributed by atoms with Crippen LogP contribution in [0, 0.1) is 0 Å². The number of nitrogens with two attached hydrogens (primary N) is 1.